The Kier molecular flexibility index (Phi) is 4.43. The molecule has 1 atom stereocenters. The van der Waals surface area contributed by atoms with Crippen LogP contribution in [0.4, 0.5) is 0 Å². The van der Waals surface area contributed by atoms with E-state index >= 15 is 0 Å². The van der Waals surface area contributed by atoms with Crippen molar-refractivity contribution in [3.63, 3.8) is 0 Å². The van der Waals surface area contributed by atoms with Gasteiger partial charge in [0.2, 0.25) is 0 Å². The van der Waals surface area contributed by atoms with Gasteiger partial charge in [0.1, 0.15) is 5.75 Å². The topological polar surface area (TPSA) is 47.6 Å². The molecule has 1 aliphatic carbocycles. The minimum absolute atomic E-state index is 0.357. The Labute approximate surface area is 114 Å². The highest BCUT2D eigenvalue weighted by Gasteiger charge is 2.22. The number of carbonyl (C=O) groups is 1. The molecule has 0 amide bonds. The van der Waals surface area contributed by atoms with Crippen molar-refractivity contribution in [2.75, 3.05) is 7.11 Å². The largest absolute Gasteiger partial charge is 0.478 e. The lowest BCUT2D eigenvalue weighted by molar-refractivity contribution is -0.147. The quantitative estimate of drug-likeness (QED) is 0.799. The molecule has 0 aromatic heterocycles. The van der Waals surface area contributed by atoms with Gasteiger partial charge in [0.15, 0.2) is 6.10 Å². The van der Waals surface area contributed by atoms with E-state index < -0.39 is 6.10 Å². The number of esters is 1. The minimum atomic E-state index is -0.592. The first kappa shape index (κ1) is 13.9. The van der Waals surface area contributed by atoms with Crippen LogP contribution < -0.4 is 10.1 Å². The monoisotopic (exact) mass is 263 g/mol. The molecule has 19 heavy (non-hydrogen) atoms. The summed E-state index contributed by atoms with van der Waals surface area (Å²) in [5, 5.41) is 3.46. The van der Waals surface area contributed by atoms with E-state index in [9.17, 15) is 4.79 Å². The van der Waals surface area contributed by atoms with Gasteiger partial charge in [0.25, 0.3) is 0 Å². The molecule has 0 heterocycles. The lowest BCUT2D eigenvalue weighted by atomic mass is 10.1. The SMILES string of the molecule is COC(=O)C(C)Oc1c(C)cccc1CNC1CC1. The number of ether oxygens (including phenoxy) is 2. The second-order valence-corrected chi connectivity index (χ2v) is 5.00. The van der Waals surface area contributed by atoms with Gasteiger partial charge in [-0.1, -0.05) is 18.2 Å². The fraction of sp³-hybridized carbons (Fsp3) is 0.533. The van der Waals surface area contributed by atoms with Gasteiger partial charge in [-0.25, -0.2) is 4.79 Å². The molecule has 0 radical (unpaired) electrons. The van der Waals surface area contributed by atoms with E-state index in [1.807, 2.05) is 25.1 Å². The number of para-hydroxylation sites is 1. The summed E-state index contributed by atoms with van der Waals surface area (Å²) in [5.74, 6) is 0.429. The molecule has 1 saturated carbocycles. The predicted molar refractivity (Wildman–Crippen MR) is 73.1 cm³/mol. The summed E-state index contributed by atoms with van der Waals surface area (Å²) < 4.78 is 10.5. The second kappa shape index (κ2) is 6.06. The molecule has 1 aromatic rings. The minimum Gasteiger partial charge on any atom is -0.478 e. The third kappa shape index (κ3) is 3.70. The van der Waals surface area contributed by atoms with Crippen molar-refractivity contribution in [3.05, 3.63) is 29.3 Å². The van der Waals surface area contributed by atoms with Crippen molar-refractivity contribution >= 4 is 5.97 Å². The average molecular weight is 263 g/mol. The van der Waals surface area contributed by atoms with Crippen LogP contribution in [0.2, 0.25) is 0 Å². The first-order chi connectivity index (χ1) is 9.11. The summed E-state index contributed by atoms with van der Waals surface area (Å²) in [7, 11) is 1.37. The van der Waals surface area contributed by atoms with Crippen LogP contribution in [0.5, 0.6) is 5.75 Å². The average Bonchev–Trinajstić information content (AvgIpc) is 3.22. The Morgan fingerprint density at radius 1 is 1.47 bits per heavy atom. The lowest BCUT2D eigenvalue weighted by Crippen LogP contribution is -2.26. The molecule has 1 N–H and O–H groups in total. The van der Waals surface area contributed by atoms with Crippen LogP contribution >= 0.6 is 0 Å². The maximum Gasteiger partial charge on any atom is 0.346 e. The van der Waals surface area contributed by atoms with Crippen LogP contribution in [0.15, 0.2) is 18.2 Å². The van der Waals surface area contributed by atoms with E-state index in [1.165, 1.54) is 20.0 Å². The summed E-state index contributed by atoms with van der Waals surface area (Å²) in [6.07, 6.45) is 1.91. The van der Waals surface area contributed by atoms with Gasteiger partial charge in [0.05, 0.1) is 7.11 Å². The maximum absolute atomic E-state index is 11.5. The number of rotatable bonds is 6. The standard InChI is InChI=1S/C15H21NO3/c1-10-5-4-6-12(9-16-13-7-8-13)14(10)19-11(2)15(17)18-3/h4-6,11,13,16H,7-9H2,1-3H3. The number of methoxy groups -OCH3 is 1. The molecule has 4 nitrogen and oxygen atoms in total. The van der Waals surface area contributed by atoms with E-state index in [-0.39, 0.29) is 5.97 Å². The Balaban J connectivity index is 2.09. The summed E-state index contributed by atoms with van der Waals surface area (Å²) >= 11 is 0. The first-order valence-electron chi connectivity index (χ1n) is 6.68. The van der Waals surface area contributed by atoms with Gasteiger partial charge in [-0.2, -0.15) is 0 Å². The second-order valence-electron chi connectivity index (χ2n) is 5.00. The number of aryl methyl sites for hydroxylation is 1. The molecule has 0 bridgehead atoms. The fourth-order valence-electron chi connectivity index (χ4n) is 1.95. The first-order valence-corrected chi connectivity index (χ1v) is 6.68. The Morgan fingerprint density at radius 2 is 2.21 bits per heavy atom. The number of carbonyl (C=O) groups excluding carboxylic acids is 1. The van der Waals surface area contributed by atoms with Gasteiger partial charge in [-0.15, -0.1) is 0 Å². The Hall–Kier alpha value is -1.55. The van der Waals surface area contributed by atoms with Crippen LogP contribution in [0.3, 0.4) is 0 Å². The maximum atomic E-state index is 11.5. The molecular weight excluding hydrogens is 242 g/mol. The summed E-state index contributed by atoms with van der Waals surface area (Å²) in [6.45, 7) is 4.46. The smallest absolute Gasteiger partial charge is 0.346 e. The normalized spacial score (nSPS) is 15.9. The molecule has 1 unspecified atom stereocenters. The van der Waals surface area contributed by atoms with Gasteiger partial charge in [-0.05, 0) is 32.3 Å². The molecule has 1 aromatic carbocycles. The zero-order chi connectivity index (χ0) is 13.8. The number of hydrogen-bond donors (Lipinski definition) is 1. The van der Waals surface area contributed by atoms with E-state index in [0.717, 1.165) is 23.4 Å². The number of benzene rings is 1. The van der Waals surface area contributed by atoms with Crippen molar-refractivity contribution in [1.82, 2.24) is 5.32 Å². The molecule has 0 saturated heterocycles. The molecule has 4 heteroatoms. The molecule has 1 aliphatic rings. The van der Waals surface area contributed by atoms with Crippen LogP contribution in [-0.2, 0) is 16.1 Å². The number of nitrogens with one attached hydrogen (secondary N) is 1. The van der Waals surface area contributed by atoms with E-state index in [1.54, 1.807) is 6.92 Å². The Bertz CT molecular complexity index is 455. The summed E-state index contributed by atoms with van der Waals surface area (Å²) in [4.78, 5) is 11.5. The predicted octanol–water partition coefficient (Wildman–Crippen LogP) is 2.19. The van der Waals surface area contributed by atoms with Gasteiger partial charge < -0.3 is 14.8 Å². The molecule has 1 fully saturated rings. The van der Waals surface area contributed by atoms with E-state index in [4.69, 9.17) is 9.47 Å². The van der Waals surface area contributed by atoms with Crippen LogP contribution in [-0.4, -0.2) is 25.2 Å². The van der Waals surface area contributed by atoms with E-state index in [2.05, 4.69) is 5.32 Å². The van der Waals surface area contributed by atoms with Gasteiger partial charge in [0, 0.05) is 18.2 Å². The van der Waals surface area contributed by atoms with Crippen LogP contribution in [0.1, 0.15) is 30.9 Å². The molecule has 0 spiro atoms. The molecule has 2 rings (SSSR count). The van der Waals surface area contributed by atoms with Crippen molar-refractivity contribution in [2.45, 2.75) is 45.4 Å². The summed E-state index contributed by atoms with van der Waals surface area (Å²) in [6, 6.07) is 6.67. The summed E-state index contributed by atoms with van der Waals surface area (Å²) in [5.41, 5.74) is 2.12. The lowest BCUT2D eigenvalue weighted by Gasteiger charge is -2.18. The zero-order valence-electron chi connectivity index (χ0n) is 11.7. The van der Waals surface area contributed by atoms with E-state index in [0.29, 0.717) is 6.04 Å². The highest BCUT2D eigenvalue weighted by Crippen LogP contribution is 2.26. The molecule has 104 valence electrons. The van der Waals surface area contributed by atoms with Crippen LogP contribution in [0.25, 0.3) is 0 Å². The van der Waals surface area contributed by atoms with Crippen molar-refractivity contribution < 1.29 is 14.3 Å². The van der Waals surface area contributed by atoms with Crippen molar-refractivity contribution in [1.29, 1.82) is 0 Å². The third-order valence-corrected chi connectivity index (χ3v) is 3.28. The van der Waals surface area contributed by atoms with Gasteiger partial charge >= 0.3 is 5.97 Å². The van der Waals surface area contributed by atoms with Crippen molar-refractivity contribution in [3.8, 4) is 5.75 Å². The Morgan fingerprint density at radius 3 is 2.84 bits per heavy atom. The third-order valence-electron chi connectivity index (χ3n) is 3.28. The number of hydrogen-bond acceptors (Lipinski definition) is 4. The van der Waals surface area contributed by atoms with Crippen molar-refractivity contribution in [2.24, 2.45) is 0 Å². The zero-order valence-corrected chi connectivity index (χ0v) is 11.7. The molecular formula is C15H21NO3. The highest BCUT2D eigenvalue weighted by atomic mass is 16.6. The highest BCUT2D eigenvalue weighted by molar-refractivity contribution is 5.74. The molecule has 0 aliphatic heterocycles. The van der Waals surface area contributed by atoms with Gasteiger partial charge in [-0.3, -0.25) is 0 Å². The van der Waals surface area contributed by atoms with Crippen LogP contribution in [0, 0.1) is 6.92 Å². The fourth-order valence-corrected chi connectivity index (χ4v) is 1.95.